The minimum atomic E-state index is -0.790. The number of hydrogen-bond acceptors (Lipinski definition) is 6. The average Bonchev–Trinajstić information content (AvgIpc) is 3.58. The van der Waals surface area contributed by atoms with E-state index in [1.54, 1.807) is 4.90 Å². The van der Waals surface area contributed by atoms with Crippen LogP contribution in [0.1, 0.15) is 29.7 Å². The standard InChI is InChI=1S/C30H37N7O2S/c1-20-9-5-8-12-26(20)36-13-15-37(16-14-36)30(39)33-27(21(2)24-17-31-25-11-7-6-10-23(24)25)28(38)34-29-32-22(19-40-29)18-35(3)4/h5-12,17,19,21,27,31H,13-16,18H2,1-4H3,(H,33,39)(H,32,34,38)/t21-,27-/m1/s1. The number of aromatic amines is 1. The molecule has 0 spiro atoms. The number of benzene rings is 2. The first-order valence-electron chi connectivity index (χ1n) is 13.6. The predicted octanol–water partition coefficient (Wildman–Crippen LogP) is 4.64. The Morgan fingerprint density at radius 1 is 1.07 bits per heavy atom. The Bertz CT molecular complexity index is 1470. The second-order valence-electron chi connectivity index (χ2n) is 10.6. The van der Waals surface area contributed by atoms with Crippen LogP contribution in [-0.2, 0) is 11.3 Å². The highest BCUT2D eigenvalue weighted by molar-refractivity contribution is 7.13. The number of aromatic nitrogens is 2. The lowest BCUT2D eigenvalue weighted by molar-refractivity contribution is -0.118. The first-order valence-corrected chi connectivity index (χ1v) is 14.5. The molecule has 0 unspecified atom stereocenters. The van der Waals surface area contributed by atoms with E-state index in [2.05, 4.69) is 44.6 Å². The smallest absolute Gasteiger partial charge is 0.318 e. The summed E-state index contributed by atoms with van der Waals surface area (Å²) in [5.74, 6) is -0.565. The van der Waals surface area contributed by atoms with Crippen molar-refractivity contribution >= 4 is 45.0 Å². The molecule has 40 heavy (non-hydrogen) atoms. The van der Waals surface area contributed by atoms with Crippen LogP contribution in [0.25, 0.3) is 10.9 Å². The number of hydrogen-bond donors (Lipinski definition) is 3. The van der Waals surface area contributed by atoms with E-state index in [1.807, 2.05) is 73.9 Å². The van der Waals surface area contributed by atoms with Crippen molar-refractivity contribution in [3.8, 4) is 0 Å². The number of H-pyrrole nitrogens is 1. The van der Waals surface area contributed by atoms with Gasteiger partial charge in [0, 0.05) is 66.8 Å². The Morgan fingerprint density at radius 2 is 1.80 bits per heavy atom. The predicted molar refractivity (Wildman–Crippen MR) is 162 cm³/mol. The third-order valence-corrected chi connectivity index (χ3v) is 8.26. The van der Waals surface area contributed by atoms with Crippen molar-refractivity contribution in [1.29, 1.82) is 0 Å². The molecule has 10 heteroatoms. The molecule has 9 nitrogen and oxygen atoms in total. The number of fused-ring (bicyclic) bond motifs is 1. The number of nitrogens with one attached hydrogen (secondary N) is 3. The van der Waals surface area contributed by atoms with Crippen molar-refractivity contribution in [3.05, 3.63) is 76.9 Å². The number of carbonyl (C=O) groups excluding carboxylic acids is 2. The average molecular weight is 560 g/mol. The van der Waals surface area contributed by atoms with Crippen LogP contribution in [0, 0.1) is 6.92 Å². The summed E-state index contributed by atoms with van der Waals surface area (Å²) < 4.78 is 0. The molecular weight excluding hydrogens is 522 g/mol. The van der Waals surface area contributed by atoms with Crippen molar-refractivity contribution in [2.24, 2.45) is 0 Å². The molecule has 3 heterocycles. The molecule has 4 aromatic rings. The summed E-state index contributed by atoms with van der Waals surface area (Å²) in [6, 6.07) is 15.3. The topological polar surface area (TPSA) is 96.6 Å². The third-order valence-electron chi connectivity index (χ3n) is 7.46. The van der Waals surface area contributed by atoms with Gasteiger partial charge in [0.05, 0.1) is 5.69 Å². The number of rotatable bonds is 8. The normalized spacial score (nSPS) is 15.3. The summed E-state index contributed by atoms with van der Waals surface area (Å²) in [7, 11) is 3.96. The molecule has 2 aromatic heterocycles. The van der Waals surface area contributed by atoms with Crippen LogP contribution in [0.4, 0.5) is 15.6 Å². The number of urea groups is 1. The molecule has 1 aliphatic heterocycles. The molecule has 210 valence electrons. The van der Waals surface area contributed by atoms with E-state index in [0.717, 1.165) is 35.2 Å². The second-order valence-corrected chi connectivity index (χ2v) is 11.5. The number of nitrogens with zero attached hydrogens (tertiary/aromatic N) is 4. The lowest BCUT2D eigenvalue weighted by Crippen LogP contribution is -2.56. The molecular formula is C30H37N7O2S. The van der Waals surface area contributed by atoms with Crippen molar-refractivity contribution in [2.45, 2.75) is 32.4 Å². The first-order chi connectivity index (χ1) is 19.3. The van der Waals surface area contributed by atoms with Gasteiger partial charge in [-0.3, -0.25) is 4.79 Å². The molecule has 0 aliphatic carbocycles. The Kier molecular flexibility index (Phi) is 8.37. The largest absolute Gasteiger partial charge is 0.368 e. The highest BCUT2D eigenvalue weighted by Crippen LogP contribution is 2.29. The number of carbonyl (C=O) groups is 2. The Hall–Kier alpha value is -3.89. The monoisotopic (exact) mass is 559 g/mol. The minimum Gasteiger partial charge on any atom is -0.368 e. The van der Waals surface area contributed by atoms with Gasteiger partial charge < -0.3 is 30.3 Å². The highest BCUT2D eigenvalue weighted by Gasteiger charge is 2.32. The van der Waals surface area contributed by atoms with Crippen molar-refractivity contribution in [1.82, 2.24) is 25.1 Å². The molecule has 2 aromatic carbocycles. The quantitative estimate of drug-likeness (QED) is 0.292. The summed E-state index contributed by atoms with van der Waals surface area (Å²) in [6.07, 6.45) is 1.93. The summed E-state index contributed by atoms with van der Waals surface area (Å²) in [5, 5.41) is 9.55. The van der Waals surface area contributed by atoms with Crippen LogP contribution >= 0.6 is 11.3 Å². The maximum absolute atomic E-state index is 13.7. The maximum atomic E-state index is 13.7. The van der Waals surface area contributed by atoms with Crippen molar-refractivity contribution in [2.75, 3.05) is 50.5 Å². The molecule has 0 saturated carbocycles. The molecule has 0 bridgehead atoms. The van der Waals surface area contributed by atoms with E-state index in [4.69, 9.17) is 0 Å². The highest BCUT2D eigenvalue weighted by atomic mass is 32.1. The Labute approximate surface area is 239 Å². The number of para-hydroxylation sites is 2. The van der Waals surface area contributed by atoms with E-state index in [9.17, 15) is 9.59 Å². The number of thiazole rings is 1. The molecule has 3 N–H and O–H groups in total. The van der Waals surface area contributed by atoms with Gasteiger partial charge in [-0.05, 0) is 44.3 Å². The lowest BCUT2D eigenvalue weighted by atomic mass is 9.92. The van der Waals surface area contributed by atoms with Gasteiger partial charge in [0.25, 0.3) is 0 Å². The summed E-state index contributed by atoms with van der Waals surface area (Å²) in [4.78, 5) is 41.2. The third kappa shape index (κ3) is 6.13. The first kappa shape index (κ1) is 27.7. The van der Waals surface area contributed by atoms with E-state index in [-0.39, 0.29) is 17.9 Å². The van der Waals surface area contributed by atoms with Crippen LogP contribution in [0.15, 0.2) is 60.1 Å². The molecule has 1 saturated heterocycles. The molecule has 5 rings (SSSR count). The minimum absolute atomic E-state index is 0.233. The van der Waals surface area contributed by atoms with Crippen molar-refractivity contribution < 1.29 is 9.59 Å². The van der Waals surface area contributed by atoms with Crippen LogP contribution in [-0.4, -0.2) is 78.0 Å². The number of piperazine rings is 1. The van der Waals surface area contributed by atoms with Gasteiger partial charge in [-0.2, -0.15) is 0 Å². The van der Waals surface area contributed by atoms with Crippen molar-refractivity contribution in [3.63, 3.8) is 0 Å². The molecule has 0 radical (unpaired) electrons. The fourth-order valence-electron chi connectivity index (χ4n) is 5.30. The van der Waals surface area contributed by atoms with E-state index >= 15 is 0 Å². The molecule has 1 aliphatic rings. The van der Waals surface area contributed by atoms with Gasteiger partial charge in [-0.25, -0.2) is 9.78 Å². The molecule has 3 amide bonds. The fourth-order valence-corrected chi connectivity index (χ4v) is 6.01. The fraction of sp³-hybridized carbons (Fsp3) is 0.367. The Morgan fingerprint density at radius 3 is 2.55 bits per heavy atom. The van der Waals surface area contributed by atoms with Crippen LogP contribution in [0.2, 0.25) is 0 Å². The van der Waals surface area contributed by atoms with Crippen LogP contribution < -0.4 is 15.5 Å². The summed E-state index contributed by atoms with van der Waals surface area (Å²) in [5.41, 5.74) is 5.29. The van der Waals surface area contributed by atoms with Crippen LogP contribution in [0.5, 0.6) is 0 Å². The second kappa shape index (κ2) is 12.1. The molecule has 2 atom stereocenters. The Balaban J connectivity index is 1.32. The van der Waals surface area contributed by atoms with Gasteiger partial charge in [0.1, 0.15) is 6.04 Å². The zero-order valence-electron chi connectivity index (χ0n) is 23.5. The van der Waals surface area contributed by atoms with Gasteiger partial charge in [-0.1, -0.05) is 43.3 Å². The van der Waals surface area contributed by atoms with Gasteiger partial charge in [-0.15, -0.1) is 11.3 Å². The number of amides is 3. The number of aryl methyl sites for hydroxylation is 1. The van der Waals surface area contributed by atoms with E-state index in [1.165, 1.54) is 22.6 Å². The van der Waals surface area contributed by atoms with E-state index in [0.29, 0.717) is 24.8 Å². The van der Waals surface area contributed by atoms with Gasteiger partial charge >= 0.3 is 6.03 Å². The maximum Gasteiger partial charge on any atom is 0.318 e. The SMILES string of the molecule is Cc1ccccc1N1CCN(C(=O)N[C@@H](C(=O)Nc2nc(CN(C)C)cs2)[C@H](C)c2c[nH]c3ccccc23)CC1. The summed E-state index contributed by atoms with van der Waals surface area (Å²) in [6.45, 7) is 7.41. The zero-order chi connectivity index (χ0) is 28.2. The van der Waals surface area contributed by atoms with E-state index < -0.39 is 6.04 Å². The molecule has 1 fully saturated rings. The lowest BCUT2D eigenvalue weighted by Gasteiger charge is -2.37. The van der Waals surface area contributed by atoms with Gasteiger partial charge in [0.15, 0.2) is 5.13 Å². The van der Waals surface area contributed by atoms with Crippen LogP contribution in [0.3, 0.4) is 0 Å². The summed E-state index contributed by atoms with van der Waals surface area (Å²) >= 11 is 1.39. The van der Waals surface area contributed by atoms with Gasteiger partial charge in [0.2, 0.25) is 5.91 Å². The zero-order valence-corrected chi connectivity index (χ0v) is 24.3. The number of anilines is 2.